The van der Waals surface area contributed by atoms with Crippen LogP contribution in [0.25, 0.3) is 6.08 Å². The van der Waals surface area contributed by atoms with E-state index in [1.165, 1.54) is 46.3 Å². The van der Waals surface area contributed by atoms with E-state index >= 15 is 0 Å². The molecule has 1 saturated heterocycles. The molecule has 1 amide bonds. The number of carbonyl (C=O) groups is 2. The minimum absolute atomic E-state index is 0.123. The van der Waals surface area contributed by atoms with Gasteiger partial charge < -0.3 is 4.90 Å². The van der Waals surface area contributed by atoms with Gasteiger partial charge in [0.05, 0.1) is 10.6 Å². The number of nitrogens with zero attached hydrogens (tertiary/aromatic N) is 4. The third-order valence-corrected chi connectivity index (χ3v) is 7.40. The Hall–Kier alpha value is -2.49. The Kier molecular flexibility index (Phi) is 6.44. The van der Waals surface area contributed by atoms with Gasteiger partial charge in [-0.3, -0.25) is 14.3 Å². The summed E-state index contributed by atoms with van der Waals surface area (Å²) in [5, 5.41) is 4.65. The Bertz CT molecular complexity index is 1100. The van der Waals surface area contributed by atoms with Crippen molar-refractivity contribution in [3.05, 3.63) is 52.3 Å². The number of aromatic nitrogens is 2. The molecule has 30 heavy (non-hydrogen) atoms. The second kappa shape index (κ2) is 8.71. The highest BCUT2D eigenvalue weighted by molar-refractivity contribution is 7.89. The van der Waals surface area contributed by atoms with Crippen LogP contribution < -0.4 is 0 Å². The number of benzene rings is 1. The molecule has 0 bridgehead atoms. The summed E-state index contributed by atoms with van der Waals surface area (Å²) in [6, 6.07) is 5.88. The molecule has 0 atom stereocenters. The minimum atomic E-state index is -3.68. The summed E-state index contributed by atoms with van der Waals surface area (Å²) in [4.78, 5) is 25.6. The van der Waals surface area contributed by atoms with Crippen LogP contribution in [0.4, 0.5) is 0 Å². The van der Waals surface area contributed by atoms with E-state index in [1.54, 1.807) is 18.0 Å². The smallest absolute Gasteiger partial charge is 0.246 e. The van der Waals surface area contributed by atoms with Crippen molar-refractivity contribution in [1.29, 1.82) is 0 Å². The number of hydrogen-bond donors (Lipinski definition) is 0. The molecule has 0 radical (unpaired) electrons. The van der Waals surface area contributed by atoms with Crippen molar-refractivity contribution in [2.75, 3.05) is 26.2 Å². The first-order valence-corrected chi connectivity index (χ1v) is 11.2. The van der Waals surface area contributed by atoms with Crippen LogP contribution in [0.3, 0.4) is 0 Å². The van der Waals surface area contributed by atoms with Crippen LogP contribution >= 0.6 is 11.6 Å². The van der Waals surface area contributed by atoms with Crippen LogP contribution in [0.15, 0.2) is 35.2 Å². The van der Waals surface area contributed by atoms with Gasteiger partial charge in [-0.1, -0.05) is 23.7 Å². The van der Waals surface area contributed by atoms with Crippen molar-refractivity contribution < 1.29 is 18.0 Å². The van der Waals surface area contributed by atoms with Gasteiger partial charge in [-0.25, -0.2) is 8.42 Å². The molecule has 2 aromatic rings. The van der Waals surface area contributed by atoms with Gasteiger partial charge in [0.15, 0.2) is 5.78 Å². The maximum Gasteiger partial charge on any atom is 0.246 e. The lowest BCUT2D eigenvalue weighted by molar-refractivity contribution is -0.127. The van der Waals surface area contributed by atoms with Crippen molar-refractivity contribution in [2.24, 2.45) is 7.05 Å². The van der Waals surface area contributed by atoms with Crippen molar-refractivity contribution in [3.63, 3.8) is 0 Å². The Morgan fingerprint density at radius 1 is 1.10 bits per heavy atom. The van der Waals surface area contributed by atoms with Crippen LogP contribution in [0.1, 0.15) is 28.5 Å². The predicted molar refractivity (Wildman–Crippen MR) is 114 cm³/mol. The Balaban J connectivity index is 1.64. The number of halogens is 1. The average molecular weight is 451 g/mol. The van der Waals surface area contributed by atoms with Crippen molar-refractivity contribution >= 4 is 39.4 Å². The summed E-state index contributed by atoms with van der Waals surface area (Å²) < 4.78 is 28.6. The number of carbonyl (C=O) groups excluding carboxylic acids is 2. The second-order valence-electron chi connectivity index (χ2n) is 7.06. The zero-order chi connectivity index (χ0) is 22.1. The van der Waals surface area contributed by atoms with E-state index < -0.39 is 10.0 Å². The topological polar surface area (TPSA) is 92.6 Å². The first-order chi connectivity index (χ1) is 14.1. The van der Waals surface area contributed by atoms with Gasteiger partial charge in [-0.15, -0.1) is 0 Å². The zero-order valence-corrected chi connectivity index (χ0v) is 18.6. The summed E-state index contributed by atoms with van der Waals surface area (Å²) in [6.45, 7) is 4.20. The molecule has 8 nitrogen and oxygen atoms in total. The fraction of sp³-hybridized carbons (Fsp3) is 0.350. The number of hydrogen-bond acceptors (Lipinski definition) is 5. The highest BCUT2D eigenvalue weighted by atomic mass is 35.5. The monoisotopic (exact) mass is 450 g/mol. The number of amides is 1. The largest absolute Gasteiger partial charge is 0.337 e. The van der Waals surface area contributed by atoms with E-state index in [1.807, 2.05) is 6.92 Å². The average Bonchev–Trinajstić information content (AvgIpc) is 2.97. The van der Waals surface area contributed by atoms with Crippen molar-refractivity contribution in [1.82, 2.24) is 19.0 Å². The molecule has 0 unspecified atom stereocenters. The molecule has 1 aromatic heterocycles. The Morgan fingerprint density at radius 3 is 2.20 bits per heavy atom. The standard InChI is InChI=1S/C20H23ClN4O4S/c1-14-18(20(21)23(3)22-14)8-9-19(27)24-10-12-25(13-11-24)30(28,29)17-6-4-16(5-7-17)15(2)26/h4-9H,10-13H2,1-3H3/b9-8+. The fourth-order valence-corrected chi connectivity index (χ4v) is 4.92. The van der Waals surface area contributed by atoms with E-state index in [9.17, 15) is 18.0 Å². The first kappa shape index (κ1) is 22.2. The molecule has 1 aliphatic rings. The maximum absolute atomic E-state index is 12.8. The Labute approximate surface area is 180 Å². The van der Waals surface area contributed by atoms with Crippen LogP contribution in [0.2, 0.25) is 5.15 Å². The normalized spacial score (nSPS) is 15.7. The molecule has 160 valence electrons. The number of rotatable bonds is 5. The highest BCUT2D eigenvalue weighted by Gasteiger charge is 2.29. The fourth-order valence-electron chi connectivity index (χ4n) is 3.26. The predicted octanol–water partition coefficient (Wildman–Crippen LogP) is 2.13. The lowest BCUT2D eigenvalue weighted by atomic mass is 10.2. The molecule has 1 aliphatic heterocycles. The molecule has 3 rings (SSSR count). The lowest BCUT2D eigenvalue weighted by Crippen LogP contribution is -2.50. The highest BCUT2D eigenvalue weighted by Crippen LogP contribution is 2.21. The van der Waals surface area contributed by atoms with Gasteiger partial charge >= 0.3 is 0 Å². The molecule has 1 aromatic carbocycles. The summed E-state index contributed by atoms with van der Waals surface area (Å²) >= 11 is 6.17. The van der Waals surface area contributed by atoms with Crippen LogP contribution in [0.5, 0.6) is 0 Å². The van der Waals surface area contributed by atoms with E-state index in [2.05, 4.69) is 5.10 Å². The van der Waals surface area contributed by atoms with E-state index in [0.29, 0.717) is 16.3 Å². The van der Waals surface area contributed by atoms with Gasteiger partial charge in [0.1, 0.15) is 5.15 Å². The SMILES string of the molecule is CC(=O)c1ccc(S(=O)(=O)N2CCN(C(=O)/C=C/c3c(C)nn(C)c3Cl)CC2)cc1. The molecule has 2 heterocycles. The first-order valence-electron chi connectivity index (χ1n) is 9.38. The van der Waals surface area contributed by atoms with Crippen LogP contribution in [-0.4, -0.2) is 65.3 Å². The summed E-state index contributed by atoms with van der Waals surface area (Å²) in [5.74, 6) is -0.334. The zero-order valence-electron chi connectivity index (χ0n) is 17.0. The summed E-state index contributed by atoms with van der Waals surface area (Å²) in [6.07, 6.45) is 3.06. The molecular formula is C20H23ClN4O4S. The summed E-state index contributed by atoms with van der Waals surface area (Å²) in [5.41, 5.74) is 1.86. The number of ketones is 1. The molecule has 0 saturated carbocycles. The number of sulfonamides is 1. The van der Waals surface area contributed by atoms with Crippen molar-refractivity contribution in [3.8, 4) is 0 Å². The third-order valence-electron chi connectivity index (χ3n) is 5.04. The molecular weight excluding hydrogens is 428 g/mol. The van der Waals surface area contributed by atoms with Gasteiger partial charge in [0.2, 0.25) is 15.9 Å². The second-order valence-corrected chi connectivity index (χ2v) is 9.35. The molecule has 1 fully saturated rings. The number of piperazine rings is 1. The van der Waals surface area contributed by atoms with Gasteiger partial charge in [0, 0.05) is 50.4 Å². The van der Waals surface area contributed by atoms with Gasteiger partial charge in [-0.2, -0.15) is 9.40 Å². The van der Waals surface area contributed by atoms with Crippen molar-refractivity contribution in [2.45, 2.75) is 18.7 Å². The molecule has 0 aliphatic carbocycles. The van der Waals surface area contributed by atoms with Gasteiger partial charge in [-0.05, 0) is 32.1 Å². The quantitative estimate of drug-likeness (QED) is 0.514. The van der Waals surface area contributed by atoms with Gasteiger partial charge in [0.25, 0.3) is 0 Å². The van der Waals surface area contributed by atoms with E-state index in [4.69, 9.17) is 11.6 Å². The summed E-state index contributed by atoms with van der Waals surface area (Å²) in [7, 11) is -1.96. The van der Waals surface area contributed by atoms with E-state index in [-0.39, 0.29) is 42.8 Å². The van der Waals surface area contributed by atoms with Crippen LogP contribution in [-0.2, 0) is 21.9 Å². The minimum Gasteiger partial charge on any atom is -0.337 e. The lowest BCUT2D eigenvalue weighted by Gasteiger charge is -2.33. The van der Waals surface area contributed by atoms with E-state index in [0.717, 1.165) is 5.69 Å². The van der Waals surface area contributed by atoms with Crippen LogP contribution in [0, 0.1) is 6.92 Å². The number of aryl methyl sites for hydroxylation is 2. The number of Topliss-reactive ketones (excluding diaryl/α,β-unsaturated/α-hetero) is 1. The molecule has 0 N–H and O–H groups in total. The maximum atomic E-state index is 12.8. The molecule has 0 spiro atoms. The molecule has 10 heteroatoms. The third kappa shape index (κ3) is 4.48. The Morgan fingerprint density at radius 2 is 1.70 bits per heavy atom.